The van der Waals surface area contributed by atoms with Gasteiger partial charge in [-0.15, -0.1) is 0 Å². The van der Waals surface area contributed by atoms with Gasteiger partial charge in [0.15, 0.2) is 11.6 Å². The van der Waals surface area contributed by atoms with Gasteiger partial charge in [-0.25, -0.2) is 8.78 Å². The van der Waals surface area contributed by atoms with Crippen LogP contribution in [0.1, 0.15) is 5.56 Å². The number of amides is 1. The van der Waals surface area contributed by atoms with Crippen molar-refractivity contribution in [2.24, 2.45) is 0 Å². The van der Waals surface area contributed by atoms with E-state index < -0.39 is 17.6 Å². The fourth-order valence-electron chi connectivity index (χ4n) is 3.68. The Kier molecular flexibility index (Phi) is 6.96. The lowest BCUT2D eigenvalue weighted by Crippen LogP contribution is -2.38. The number of carboxylic acids is 1. The van der Waals surface area contributed by atoms with Crippen molar-refractivity contribution in [1.29, 1.82) is 0 Å². The van der Waals surface area contributed by atoms with E-state index in [1.165, 1.54) is 24.3 Å². The van der Waals surface area contributed by atoms with E-state index in [0.717, 1.165) is 11.6 Å². The molecule has 0 aliphatic carbocycles. The molecular formula is C26H22F2N2O5. The molecular weight excluding hydrogens is 458 g/mol. The van der Waals surface area contributed by atoms with Crippen molar-refractivity contribution in [3.8, 4) is 16.9 Å². The van der Waals surface area contributed by atoms with Gasteiger partial charge >= 0.3 is 5.97 Å². The van der Waals surface area contributed by atoms with E-state index in [1.54, 1.807) is 42.5 Å². The van der Waals surface area contributed by atoms with Gasteiger partial charge in [0, 0.05) is 18.3 Å². The molecule has 0 bridgehead atoms. The summed E-state index contributed by atoms with van der Waals surface area (Å²) in [6, 6.07) is 16.4. The summed E-state index contributed by atoms with van der Waals surface area (Å²) < 4.78 is 39.2. The zero-order chi connectivity index (χ0) is 24.9. The Bertz CT molecular complexity index is 1370. The Morgan fingerprint density at radius 2 is 1.83 bits per heavy atom. The van der Waals surface area contributed by atoms with Crippen molar-refractivity contribution in [2.75, 3.05) is 25.0 Å². The van der Waals surface area contributed by atoms with E-state index in [4.69, 9.17) is 9.15 Å². The first-order chi connectivity index (χ1) is 16.9. The molecule has 4 aromatic rings. The Morgan fingerprint density at radius 3 is 2.54 bits per heavy atom. The highest BCUT2D eigenvalue weighted by Crippen LogP contribution is 2.33. The highest BCUT2D eigenvalue weighted by atomic mass is 19.2. The largest absolute Gasteiger partial charge is 0.489 e. The van der Waals surface area contributed by atoms with E-state index >= 15 is 0 Å². The molecule has 0 atom stereocenters. The van der Waals surface area contributed by atoms with Crippen LogP contribution in [-0.4, -0.2) is 37.1 Å². The lowest BCUT2D eigenvalue weighted by Gasteiger charge is -2.22. The van der Waals surface area contributed by atoms with Crippen LogP contribution in [0.4, 0.5) is 14.5 Å². The molecule has 0 saturated heterocycles. The van der Waals surface area contributed by atoms with Crippen LogP contribution in [0.15, 0.2) is 71.3 Å². The summed E-state index contributed by atoms with van der Waals surface area (Å²) in [4.78, 5) is 24.5. The molecule has 180 valence electrons. The number of carbonyl (C=O) groups excluding carboxylic acids is 1. The van der Waals surface area contributed by atoms with Crippen molar-refractivity contribution in [3.05, 3.63) is 84.1 Å². The average Bonchev–Trinajstić information content (AvgIpc) is 3.35. The molecule has 9 heteroatoms. The van der Waals surface area contributed by atoms with Gasteiger partial charge < -0.3 is 24.5 Å². The minimum atomic E-state index is -1.05. The van der Waals surface area contributed by atoms with Crippen LogP contribution in [0.25, 0.3) is 22.1 Å². The second-order valence-corrected chi connectivity index (χ2v) is 7.79. The minimum absolute atomic E-state index is 0.0774. The maximum atomic E-state index is 14.0. The second-order valence-electron chi connectivity index (χ2n) is 7.79. The molecule has 1 heterocycles. The van der Waals surface area contributed by atoms with Gasteiger partial charge in [0.05, 0.1) is 18.2 Å². The van der Waals surface area contributed by atoms with Crippen LogP contribution < -0.4 is 15.0 Å². The molecule has 0 aliphatic rings. The molecule has 0 unspecified atom stereocenters. The first kappa shape index (κ1) is 23.7. The van der Waals surface area contributed by atoms with Crippen molar-refractivity contribution in [3.63, 3.8) is 0 Å². The summed E-state index contributed by atoms with van der Waals surface area (Å²) in [5, 5.41) is 11.8. The molecule has 0 saturated carbocycles. The molecule has 0 radical (unpaired) electrons. The zero-order valence-electron chi connectivity index (χ0n) is 18.8. The molecule has 0 aliphatic heterocycles. The molecule has 4 rings (SSSR count). The van der Waals surface area contributed by atoms with Gasteiger partial charge in [0.1, 0.15) is 24.5 Å². The van der Waals surface area contributed by atoms with Gasteiger partial charge in [-0.1, -0.05) is 24.3 Å². The minimum Gasteiger partial charge on any atom is -0.489 e. The van der Waals surface area contributed by atoms with Gasteiger partial charge in [-0.3, -0.25) is 9.59 Å². The van der Waals surface area contributed by atoms with E-state index in [-0.39, 0.29) is 36.6 Å². The van der Waals surface area contributed by atoms with Crippen LogP contribution in [0.3, 0.4) is 0 Å². The van der Waals surface area contributed by atoms with Gasteiger partial charge in [-0.2, -0.15) is 0 Å². The summed E-state index contributed by atoms with van der Waals surface area (Å²) in [5.74, 6) is -2.71. The summed E-state index contributed by atoms with van der Waals surface area (Å²) in [6.45, 7) is -0.227. The topological polar surface area (TPSA) is 92.0 Å². The first-order valence-corrected chi connectivity index (χ1v) is 10.7. The van der Waals surface area contributed by atoms with E-state index in [9.17, 15) is 23.5 Å². The monoisotopic (exact) mass is 480 g/mol. The number of likely N-dealkylation sites (N-methyl/N-ethyl adjacent to an activating group) is 1. The van der Waals surface area contributed by atoms with Crippen LogP contribution in [-0.2, 0) is 16.2 Å². The van der Waals surface area contributed by atoms with Crippen molar-refractivity contribution < 1.29 is 32.6 Å². The van der Waals surface area contributed by atoms with Crippen molar-refractivity contribution in [2.45, 2.75) is 6.61 Å². The summed E-state index contributed by atoms with van der Waals surface area (Å²) in [7, 11) is 1.49. The molecule has 3 aromatic carbocycles. The predicted octanol–water partition coefficient (Wildman–Crippen LogP) is 4.59. The van der Waals surface area contributed by atoms with E-state index in [1.807, 2.05) is 6.07 Å². The van der Waals surface area contributed by atoms with Crippen molar-refractivity contribution in [1.82, 2.24) is 5.32 Å². The number of hydrogen-bond donors (Lipinski definition) is 2. The number of rotatable bonds is 9. The number of benzene rings is 3. The van der Waals surface area contributed by atoms with Crippen LogP contribution in [0.5, 0.6) is 5.75 Å². The normalized spacial score (nSPS) is 10.8. The Labute approximate surface area is 199 Å². The second kappa shape index (κ2) is 10.3. The Balaban J connectivity index is 1.48. The Morgan fingerprint density at radius 1 is 1.06 bits per heavy atom. The van der Waals surface area contributed by atoms with E-state index in [2.05, 4.69) is 5.32 Å². The zero-order valence-corrected chi connectivity index (χ0v) is 18.8. The fourth-order valence-corrected chi connectivity index (χ4v) is 3.68. The smallest absolute Gasteiger partial charge is 0.323 e. The van der Waals surface area contributed by atoms with Crippen molar-refractivity contribution >= 4 is 28.5 Å². The molecule has 0 fully saturated rings. The van der Waals surface area contributed by atoms with Crippen LogP contribution >= 0.6 is 0 Å². The number of carboxylic acid groups (broad SMARTS) is 1. The average molecular weight is 480 g/mol. The SMILES string of the molecule is CNC(=O)CN(CC(=O)O)c1cccc(COc2ccc(-c3cc(F)c(F)c4ccoc34)cc2)c1. The molecule has 7 nitrogen and oxygen atoms in total. The third kappa shape index (κ3) is 5.40. The number of carbonyl (C=O) groups is 2. The first-order valence-electron chi connectivity index (χ1n) is 10.7. The number of anilines is 1. The summed E-state index contributed by atoms with van der Waals surface area (Å²) in [6.07, 6.45) is 1.31. The van der Waals surface area contributed by atoms with Crippen LogP contribution in [0.2, 0.25) is 0 Å². The molecule has 2 N–H and O–H groups in total. The van der Waals surface area contributed by atoms with Gasteiger partial charge in [0.25, 0.3) is 0 Å². The molecule has 35 heavy (non-hydrogen) atoms. The maximum absolute atomic E-state index is 14.0. The number of nitrogens with one attached hydrogen (secondary N) is 1. The quantitative estimate of drug-likeness (QED) is 0.364. The summed E-state index contributed by atoms with van der Waals surface area (Å²) >= 11 is 0. The third-order valence-corrected chi connectivity index (χ3v) is 5.41. The number of ether oxygens (including phenoxy) is 1. The van der Waals surface area contributed by atoms with Crippen LogP contribution in [0, 0.1) is 11.6 Å². The number of nitrogens with zero attached hydrogens (tertiary/aromatic N) is 1. The lowest BCUT2D eigenvalue weighted by molar-refractivity contribution is -0.135. The van der Waals surface area contributed by atoms with Gasteiger partial charge in [-0.05, 0) is 47.5 Å². The summed E-state index contributed by atoms with van der Waals surface area (Å²) in [5.41, 5.74) is 2.68. The third-order valence-electron chi connectivity index (χ3n) is 5.41. The number of furan rings is 1. The number of halogens is 2. The fraction of sp³-hybridized carbons (Fsp3) is 0.154. The number of fused-ring (bicyclic) bond motifs is 1. The highest BCUT2D eigenvalue weighted by Gasteiger charge is 2.17. The maximum Gasteiger partial charge on any atom is 0.323 e. The number of aliphatic carboxylic acids is 1. The number of hydrogen-bond acceptors (Lipinski definition) is 5. The lowest BCUT2D eigenvalue weighted by atomic mass is 10.0. The van der Waals surface area contributed by atoms with Gasteiger partial charge in [0.2, 0.25) is 5.91 Å². The van der Waals surface area contributed by atoms with E-state index in [0.29, 0.717) is 22.6 Å². The molecule has 1 aromatic heterocycles. The Hall–Kier alpha value is -4.40. The highest BCUT2D eigenvalue weighted by molar-refractivity contribution is 5.93. The standard InChI is InChI=1S/C26H22F2N2O5/c1-29-23(31)13-30(14-24(32)33)18-4-2-3-16(11-18)15-35-19-7-5-17(6-8-19)21-12-22(27)25(28)20-9-10-34-26(20)21/h2-12H,13-15H2,1H3,(H,29,31)(H,32,33). The molecule has 1 amide bonds. The molecule has 0 spiro atoms. The predicted molar refractivity (Wildman–Crippen MR) is 126 cm³/mol.